The molecular formula is C10H24N2O2. The molecule has 4 nitrogen and oxygen atoms in total. The van der Waals surface area contributed by atoms with Crippen molar-refractivity contribution in [2.24, 2.45) is 5.41 Å². The number of likely N-dealkylation sites (N-methyl/N-ethyl adjacent to an activating group) is 1. The largest absolute Gasteiger partial charge is 0.396 e. The fraction of sp³-hybridized carbons (Fsp3) is 1.00. The number of rotatable bonds is 7. The topological polar surface area (TPSA) is 55.7 Å². The van der Waals surface area contributed by atoms with Crippen LogP contribution in [0.2, 0.25) is 0 Å². The van der Waals surface area contributed by atoms with Gasteiger partial charge in [-0.1, -0.05) is 6.92 Å². The third-order valence-electron chi connectivity index (χ3n) is 2.28. The van der Waals surface area contributed by atoms with E-state index in [0.29, 0.717) is 12.6 Å². The fourth-order valence-corrected chi connectivity index (χ4v) is 1.19. The number of aliphatic hydroxyl groups excluding tert-OH is 2. The van der Waals surface area contributed by atoms with Gasteiger partial charge in [0.2, 0.25) is 0 Å². The standard InChI is InChI=1S/C10H24N2O2/c1-9(5-12(3)4)11-6-10(2,7-13)8-14/h9,11,13-14H,5-8H2,1-4H3. The van der Waals surface area contributed by atoms with E-state index >= 15 is 0 Å². The Kier molecular flexibility index (Phi) is 6.27. The number of hydrogen-bond donors (Lipinski definition) is 3. The second kappa shape index (κ2) is 6.35. The first-order chi connectivity index (χ1) is 6.43. The van der Waals surface area contributed by atoms with Crippen LogP contribution in [0.5, 0.6) is 0 Å². The monoisotopic (exact) mass is 204 g/mol. The van der Waals surface area contributed by atoms with Gasteiger partial charge in [0.1, 0.15) is 0 Å². The lowest BCUT2D eigenvalue weighted by molar-refractivity contribution is 0.0670. The van der Waals surface area contributed by atoms with Gasteiger partial charge in [0, 0.05) is 24.5 Å². The summed E-state index contributed by atoms with van der Waals surface area (Å²) in [6, 6.07) is 0.363. The SMILES string of the molecule is CC(CN(C)C)NCC(C)(CO)CO. The number of nitrogens with zero attached hydrogens (tertiary/aromatic N) is 1. The molecule has 0 aromatic rings. The molecule has 0 aliphatic heterocycles. The van der Waals surface area contributed by atoms with Gasteiger partial charge in [0.05, 0.1) is 13.2 Å². The van der Waals surface area contributed by atoms with Gasteiger partial charge in [-0.2, -0.15) is 0 Å². The Morgan fingerprint density at radius 1 is 1.29 bits per heavy atom. The summed E-state index contributed by atoms with van der Waals surface area (Å²) in [6.45, 7) is 5.55. The second-order valence-electron chi connectivity index (χ2n) is 4.67. The average molecular weight is 204 g/mol. The van der Waals surface area contributed by atoms with Crippen molar-refractivity contribution in [3.8, 4) is 0 Å². The van der Waals surface area contributed by atoms with Crippen LogP contribution < -0.4 is 5.32 Å². The third kappa shape index (κ3) is 5.54. The van der Waals surface area contributed by atoms with E-state index in [1.54, 1.807) is 0 Å². The molecule has 1 atom stereocenters. The highest BCUT2D eigenvalue weighted by atomic mass is 16.3. The van der Waals surface area contributed by atoms with Crippen LogP contribution in [0, 0.1) is 5.41 Å². The highest BCUT2D eigenvalue weighted by molar-refractivity contribution is 4.77. The maximum absolute atomic E-state index is 9.07. The normalized spacial score (nSPS) is 14.8. The maximum atomic E-state index is 9.07. The summed E-state index contributed by atoms with van der Waals surface area (Å²) in [5, 5.41) is 21.4. The van der Waals surface area contributed by atoms with Crippen LogP contribution in [0.4, 0.5) is 0 Å². The molecular weight excluding hydrogens is 180 g/mol. The first kappa shape index (κ1) is 13.8. The second-order valence-corrected chi connectivity index (χ2v) is 4.67. The van der Waals surface area contributed by atoms with E-state index in [-0.39, 0.29) is 13.2 Å². The third-order valence-corrected chi connectivity index (χ3v) is 2.28. The number of hydrogen-bond acceptors (Lipinski definition) is 4. The molecule has 0 amide bonds. The van der Waals surface area contributed by atoms with Crippen LogP contribution in [-0.2, 0) is 0 Å². The molecule has 0 aromatic carbocycles. The van der Waals surface area contributed by atoms with Crippen LogP contribution in [0.15, 0.2) is 0 Å². The summed E-state index contributed by atoms with van der Waals surface area (Å²) in [4.78, 5) is 2.10. The van der Waals surface area contributed by atoms with Gasteiger partial charge in [0.15, 0.2) is 0 Å². The minimum Gasteiger partial charge on any atom is -0.396 e. The summed E-state index contributed by atoms with van der Waals surface area (Å²) in [6.07, 6.45) is 0. The zero-order valence-corrected chi connectivity index (χ0v) is 9.75. The van der Waals surface area contributed by atoms with Crippen LogP contribution in [0.1, 0.15) is 13.8 Å². The first-order valence-corrected chi connectivity index (χ1v) is 5.03. The minimum absolute atomic E-state index is 0.00514. The molecule has 0 aromatic heterocycles. The summed E-state index contributed by atoms with van der Waals surface area (Å²) < 4.78 is 0. The molecule has 14 heavy (non-hydrogen) atoms. The van der Waals surface area contributed by atoms with E-state index in [1.807, 2.05) is 21.0 Å². The van der Waals surface area contributed by atoms with Crippen molar-refractivity contribution in [2.45, 2.75) is 19.9 Å². The number of nitrogens with one attached hydrogen (secondary N) is 1. The van der Waals surface area contributed by atoms with Gasteiger partial charge in [-0.05, 0) is 21.0 Å². The van der Waals surface area contributed by atoms with Crippen molar-refractivity contribution in [3.05, 3.63) is 0 Å². The predicted molar refractivity (Wildman–Crippen MR) is 58.3 cm³/mol. The van der Waals surface area contributed by atoms with E-state index in [9.17, 15) is 0 Å². The fourth-order valence-electron chi connectivity index (χ4n) is 1.19. The van der Waals surface area contributed by atoms with Crippen LogP contribution in [0.3, 0.4) is 0 Å². The molecule has 4 heteroatoms. The summed E-state index contributed by atoms with van der Waals surface area (Å²) in [7, 11) is 4.05. The molecule has 3 N–H and O–H groups in total. The molecule has 0 saturated heterocycles. The quantitative estimate of drug-likeness (QED) is 0.524. The van der Waals surface area contributed by atoms with Crippen molar-refractivity contribution in [3.63, 3.8) is 0 Å². The minimum atomic E-state index is -0.416. The van der Waals surface area contributed by atoms with Crippen molar-refractivity contribution < 1.29 is 10.2 Å². The zero-order chi connectivity index (χ0) is 11.2. The predicted octanol–water partition coefficient (Wildman–Crippen LogP) is -0.483. The molecule has 86 valence electrons. The van der Waals surface area contributed by atoms with Crippen molar-refractivity contribution in [1.29, 1.82) is 0 Å². The Balaban J connectivity index is 3.79. The van der Waals surface area contributed by atoms with Gasteiger partial charge in [-0.25, -0.2) is 0 Å². The van der Waals surface area contributed by atoms with E-state index in [0.717, 1.165) is 6.54 Å². The van der Waals surface area contributed by atoms with Gasteiger partial charge >= 0.3 is 0 Å². The van der Waals surface area contributed by atoms with Crippen LogP contribution >= 0.6 is 0 Å². The van der Waals surface area contributed by atoms with E-state index in [2.05, 4.69) is 17.1 Å². The van der Waals surface area contributed by atoms with E-state index < -0.39 is 5.41 Å². The molecule has 0 radical (unpaired) electrons. The first-order valence-electron chi connectivity index (χ1n) is 5.03. The Bertz CT molecular complexity index is 147. The average Bonchev–Trinajstić information content (AvgIpc) is 2.13. The molecule has 0 heterocycles. The molecule has 0 saturated carbocycles. The van der Waals surface area contributed by atoms with Crippen molar-refractivity contribution in [2.75, 3.05) is 40.4 Å². The Hall–Kier alpha value is -0.160. The highest BCUT2D eigenvalue weighted by Crippen LogP contribution is 2.12. The lowest BCUT2D eigenvalue weighted by Gasteiger charge is -2.28. The Labute approximate surface area is 86.9 Å². The maximum Gasteiger partial charge on any atom is 0.0518 e. The Morgan fingerprint density at radius 3 is 2.14 bits per heavy atom. The van der Waals surface area contributed by atoms with Crippen molar-refractivity contribution in [1.82, 2.24) is 10.2 Å². The van der Waals surface area contributed by atoms with E-state index in [4.69, 9.17) is 10.2 Å². The summed E-state index contributed by atoms with van der Waals surface area (Å²) >= 11 is 0. The van der Waals surface area contributed by atoms with Gasteiger partial charge < -0.3 is 20.4 Å². The van der Waals surface area contributed by atoms with Gasteiger partial charge in [0.25, 0.3) is 0 Å². The van der Waals surface area contributed by atoms with Crippen LogP contribution in [0.25, 0.3) is 0 Å². The van der Waals surface area contributed by atoms with Crippen LogP contribution in [-0.4, -0.2) is 61.6 Å². The summed E-state index contributed by atoms with van der Waals surface area (Å²) in [5.41, 5.74) is -0.416. The summed E-state index contributed by atoms with van der Waals surface area (Å²) in [5.74, 6) is 0. The molecule has 0 rings (SSSR count). The molecule has 0 aliphatic rings. The highest BCUT2D eigenvalue weighted by Gasteiger charge is 2.22. The van der Waals surface area contributed by atoms with Gasteiger partial charge in [-0.15, -0.1) is 0 Å². The molecule has 0 aliphatic carbocycles. The van der Waals surface area contributed by atoms with Crippen molar-refractivity contribution >= 4 is 0 Å². The number of aliphatic hydroxyl groups is 2. The molecule has 0 fully saturated rings. The smallest absolute Gasteiger partial charge is 0.0518 e. The zero-order valence-electron chi connectivity index (χ0n) is 9.75. The molecule has 0 bridgehead atoms. The lowest BCUT2D eigenvalue weighted by Crippen LogP contribution is -2.44. The lowest BCUT2D eigenvalue weighted by atomic mass is 9.93. The van der Waals surface area contributed by atoms with E-state index in [1.165, 1.54) is 0 Å². The Morgan fingerprint density at radius 2 is 1.79 bits per heavy atom. The van der Waals surface area contributed by atoms with Gasteiger partial charge in [-0.3, -0.25) is 0 Å². The molecule has 0 spiro atoms. The molecule has 1 unspecified atom stereocenters.